The number of methoxy groups -OCH3 is 3. The number of anilines is 1. The van der Waals surface area contributed by atoms with Crippen LogP contribution in [0.3, 0.4) is 0 Å². The highest BCUT2D eigenvalue weighted by atomic mass is 16.5. The SMILES string of the molecule is COC(=O)c1cncc(N2CCC(Cc3ccc(OC)c(OC)c3)C2)n1. The van der Waals surface area contributed by atoms with Crippen molar-refractivity contribution in [3.8, 4) is 11.5 Å². The number of ether oxygens (including phenoxy) is 3. The van der Waals surface area contributed by atoms with Crippen LogP contribution in [0.25, 0.3) is 0 Å². The Balaban J connectivity index is 1.67. The fourth-order valence-electron chi connectivity index (χ4n) is 3.26. The summed E-state index contributed by atoms with van der Waals surface area (Å²) in [5.74, 6) is 2.22. The van der Waals surface area contributed by atoms with Gasteiger partial charge in [0.15, 0.2) is 17.2 Å². The number of rotatable bonds is 6. The van der Waals surface area contributed by atoms with Crippen LogP contribution in [0.15, 0.2) is 30.6 Å². The fraction of sp³-hybridized carbons (Fsp3) is 0.421. The summed E-state index contributed by atoms with van der Waals surface area (Å²) in [6.45, 7) is 1.75. The molecule has 0 radical (unpaired) electrons. The van der Waals surface area contributed by atoms with E-state index in [1.165, 1.54) is 18.9 Å². The van der Waals surface area contributed by atoms with E-state index in [-0.39, 0.29) is 5.69 Å². The van der Waals surface area contributed by atoms with Crippen LogP contribution >= 0.6 is 0 Å². The van der Waals surface area contributed by atoms with E-state index >= 15 is 0 Å². The number of benzene rings is 1. The Morgan fingerprint density at radius 1 is 1.19 bits per heavy atom. The average Bonchev–Trinajstić information content (AvgIpc) is 3.15. The topological polar surface area (TPSA) is 73.8 Å². The number of aromatic nitrogens is 2. The van der Waals surface area contributed by atoms with Crippen LogP contribution in [0.2, 0.25) is 0 Å². The van der Waals surface area contributed by atoms with Crippen molar-refractivity contribution in [1.82, 2.24) is 9.97 Å². The number of hydrogen-bond donors (Lipinski definition) is 0. The zero-order valence-corrected chi connectivity index (χ0v) is 15.3. The minimum atomic E-state index is -0.472. The van der Waals surface area contributed by atoms with Crippen LogP contribution in [0.4, 0.5) is 5.82 Å². The highest BCUT2D eigenvalue weighted by Gasteiger charge is 2.25. The lowest BCUT2D eigenvalue weighted by Crippen LogP contribution is -2.22. The molecule has 1 unspecified atom stereocenters. The first-order chi connectivity index (χ1) is 12.6. The Kier molecular flexibility index (Phi) is 5.55. The Bertz CT molecular complexity index is 781. The number of nitrogens with zero attached hydrogens (tertiary/aromatic N) is 3. The molecule has 26 heavy (non-hydrogen) atoms. The van der Waals surface area contributed by atoms with Crippen molar-refractivity contribution >= 4 is 11.8 Å². The lowest BCUT2D eigenvalue weighted by atomic mass is 9.98. The molecule has 2 aromatic rings. The van der Waals surface area contributed by atoms with Crippen molar-refractivity contribution < 1.29 is 19.0 Å². The predicted octanol–water partition coefficient (Wildman–Crippen LogP) is 2.35. The molecule has 7 heteroatoms. The summed E-state index contributed by atoms with van der Waals surface area (Å²) >= 11 is 0. The maximum Gasteiger partial charge on any atom is 0.358 e. The summed E-state index contributed by atoms with van der Waals surface area (Å²) in [4.78, 5) is 22.3. The molecule has 0 spiro atoms. The Labute approximate surface area is 152 Å². The van der Waals surface area contributed by atoms with E-state index in [4.69, 9.17) is 14.2 Å². The summed E-state index contributed by atoms with van der Waals surface area (Å²) in [7, 11) is 4.62. The first-order valence-electron chi connectivity index (χ1n) is 8.50. The van der Waals surface area contributed by atoms with E-state index in [1.807, 2.05) is 12.1 Å². The van der Waals surface area contributed by atoms with Gasteiger partial charge in [0, 0.05) is 13.1 Å². The molecule has 0 amide bonds. The molecule has 1 fully saturated rings. The Hall–Kier alpha value is -2.83. The molecule has 1 aromatic heterocycles. The largest absolute Gasteiger partial charge is 0.493 e. The molecule has 1 aliphatic heterocycles. The third kappa shape index (κ3) is 3.87. The van der Waals surface area contributed by atoms with Crippen molar-refractivity contribution in [2.75, 3.05) is 39.3 Å². The summed E-state index contributed by atoms with van der Waals surface area (Å²) in [5, 5.41) is 0. The van der Waals surface area contributed by atoms with Gasteiger partial charge in [0.1, 0.15) is 5.82 Å². The highest BCUT2D eigenvalue weighted by Crippen LogP contribution is 2.30. The molecule has 1 saturated heterocycles. The molecule has 138 valence electrons. The van der Waals surface area contributed by atoms with Crippen molar-refractivity contribution in [2.45, 2.75) is 12.8 Å². The van der Waals surface area contributed by atoms with E-state index in [9.17, 15) is 4.79 Å². The molecule has 0 saturated carbocycles. The van der Waals surface area contributed by atoms with Gasteiger partial charge in [0.2, 0.25) is 0 Å². The number of carbonyl (C=O) groups excluding carboxylic acids is 1. The van der Waals surface area contributed by atoms with Gasteiger partial charge in [-0.1, -0.05) is 6.07 Å². The van der Waals surface area contributed by atoms with Gasteiger partial charge >= 0.3 is 5.97 Å². The minimum Gasteiger partial charge on any atom is -0.493 e. The van der Waals surface area contributed by atoms with Gasteiger partial charge in [-0.15, -0.1) is 0 Å². The van der Waals surface area contributed by atoms with Crippen LogP contribution in [-0.2, 0) is 11.2 Å². The van der Waals surface area contributed by atoms with Gasteiger partial charge in [-0.2, -0.15) is 0 Å². The zero-order valence-electron chi connectivity index (χ0n) is 15.3. The minimum absolute atomic E-state index is 0.230. The van der Waals surface area contributed by atoms with Gasteiger partial charge in [0.05, 0.1) is 33.7 Å². The van der Waals surface area contributed by atoms with E-state index in [2.05, 4.69) is 20.9 Å². The Morgan fingerprint density at radius 2 is 2.00 bits per heavy atom. The van der Waals surface area contributed by atoms with E-state index in [0.717, 1.165) is 37.4 Å². The van der Waals surface area contributed by atoms with Crippen molar-refractivity contribution in [1.29, 1.82) is 0 Å². The standard InChI is InChI=1S/C19H23N3O4/c1-24-16-5-4-13(9-17(16)25-2)8-14-6-7-22(12-14)18-11-20-10-15(21-18)19(23)26-3/h4-5,9-11,14H,6-8,12H2,1-3H3. The number of hydrogen-bond acceptors (Lipinski definition) is 7. The predicted molar refractivity (Wildman–Crippen MR) is 96.9 cm³/mol. The normalized spacial score (nSPS) is 16.4. The molecule has 3 rings (SSSR count). The fourth-order valence-corrected chi connectivity index (χ4v) is 3.26. The van der Waals surface area contributed by atoms with Crippen molar-refractivity contribution in [3.05, 3.63) is 41.9 Å². The molecule has 7 nitrogen and oxygen atoms in total. The number of carbonyl (C=O) groups is 1. The first kappa shape index (κ1) is 18.0. The summed E-state index contributed by atoms with van der Waals surface area (Å²) in [6.07, 6.45) is 5.11. The molecule has 2 heterocycles. The third-order valence-corrected chi connectivity index (χ3v) is 4.60. The van der Waals surface area contributed by atoms with Gasteiger partial charge in [-0.05, 0) is 36.5 Å². The van der Waals surface area contributed by atoms with Crippen molar-refractivity contribution in [3.63, 3.8) is 0 Å². The monoisotopic (exact) mass is 357 g/mol. The second-order valence-electron chi connectivity index (χ2n) is 6.25. The molecular weight excluding hydrogens is 334 g/mol. The van der Waals surface area contributed by atoms with Crippen molar-refractivity contribution in [2.24, 2.45) is 5.92 Å². The van der Waals surface area contributed by atoms with Crippen LogP contribution in [0.5, 0.6) is 11.5 Å². The number of esters is 1. The zero-order chi connectivity index (χ0) is 18.5. The van der Waals surface area contributed by atoms with Gasteiger partial charge in [0.25, 0.3) is 0 Å². The molecule has 0 bridgehead atoms. The molecule has 0 aliphatic carbocycles. The molecule has 1 atom stereocenters. The van der Waals surface area contributed by atoms with Crippen LogP contribution in [0, 0.1) is 5.92 Å². The van der Waals surface area contributed by atoms with Crippen LogP contribution in [-0.4, -0.2) is 50.4 Å². The average molecular weight is 357 g/mol. The first-order valence-corrected chi connectivity index (χ1v) is 8.50. The molecule has 0 N–H and O–H groups in total. The lowest BCUT2D eigenvalue weighted by molar-refractivity contribution is 0.0593. The third-order valence-electron chi connectivity index (χ3n) is 4.60. The second kappa shape index (κ2) is 8.03. The molecular formula is C19H23N3O4. The quantitative estimate of drug-likeness (QED) is 0.735. The van der Waals surface area contributed by atoms with E-state index < -0.39 is 5.97 Å². The summed E-state index contributed by atoms with van der Waals surface area (Å²) in [5.41, 5.74) is 1.44. The highest BCUT2D eigenvalue weighted by molar-refractivity contribution is 5.87. The second-order valence-corrected chi connectivity index (χ2v) is 6.25. The maximum atomic E-state index is 11.6. The maximum absolute atomic E-state index is 11.6. The van der Waals surface area contributed by atoms with E-state index in [1.54, 1.807) is 20.4 Å². The summed E-state index contributed by atoms with van der Waals surface area (Å²) in [6, 6.07) is 6.03. The molecule has 1 aromatic carbocycles. The smallest absolute Gasteiger partial charge is 0.358 e. The van der Waals surface area contributed by atoms with Gasteiger partial charge < -0.3 is 19.1 Å². The summed E-state index contributed by atoms with van der Waals surface area (Å²) < 4.78 is 15.4. The molecule has 1 aliphatic rings. The lowest BCUT2D eigenvalue weighted by Gasteiger charge is -2.18. The Morgan fingerprint density at radius 3 is 2.73 bits per heavy atom. The van der Waals surface area contributed by atoms with Gasteiger partial charge in [-0.3, -0.25) is 4.98 Å². The van der Waals surface area contributed by atoms with Crippen LogP contribution in [0.1, 0.15) is 22.5 Å². The van der Waals surface area contributed by atoms with E-state index in [0.29, 0.717) is 11.7 Å². The van der Waals surface area contributed by atoms with Gasteiger partial charge in [-0.25, -0.2) is 9.78 Å². The van der Waals surface area contributed by atoms with Crippen LogP contribution < -0.4 is 14.4 Å².